The summed E-state index contributed by atoms with van der Waals surface area (Å²) in [6.45, 7) is 13.5. The fraction of sp³-hybridized carbons (Fsp3) is 0.615. The molecule has 2 saturated heterocycles. The third-order valence-corrected chi connectivity index (χ3v) is 7.30. The van der Waals surface area contributed by atoms with E-state index in [0.29, 0.717) is 30.9 Å². The highest BCUT2D eigenvalue weighted by Crippen LogP contribution is 2.37. The van der Waals surface area contributed by atoms with Crippen molar-refractivity contribution in [1.82, 2.24) is 19.5 Å². The number of piperidine rings is 1. The number of ether oxygens (including phenoxy) is 1. The fourth-order valence-electron chi connectivity index (χ4n) is 4.93. The monoisotopic (exact) mass is 494 g/mol. The summed E-state index contributed by atoms with van der Waals surface area (Å²) in [5.74, 6) is 3.71. The highest BCUT2D eigenvalue weighted by molar-refractivity contribution is 6.10. The summed E-state index contributed by atoms with van der Waals surface area (Å²) in [4.78, 5) is 24.2. The van der Waals surface area contributed by atoms with Crippen LogP contribution >= 0.6 is 0 Å². The van der Waals surface area contributed by atoms with Crippen LogP contribution in [-0.2, 0) is 11.3 Å². The topological polar surface area (TPSA) is 118 Å². The zero-order valence-electron chi connectivity index (χ0n) is 21.5. The third kappa shape index (κ3) is 5.24. The zero-order valence-corrected chi connectivity index (χ0v) is 21.5. The van der Waals surface area contributed by atoms with Gasteiger partial charge in [0, 0.05) is 51.1 Å². The molecule has 4 heterocycles. The van der Waals surface area contributed by atoms with Crippen LogP contribution in [0.4, 0.5) is 11.8 Å². The number of morpholine rings is 1. The molecular weight excluding hydrogens is 456 g/mol. The van der Waals surface area contributed by atoms with Crippen LogP contribution in [0.25, 0.3) is 16.7 Å². The molecule has 0 spiro atoms. The lowest BCUT2D eigenvalue weighted by molar-refractivity contribution is 0.122. The molecule has 2 aromatic rings. The molecule has 0 amide bonds. The SMILES string of the molecule is C=C(N)/N=C\C(=C(C)C)c1nc(N2CCOCC2)c2nc(N3CCC(CO)CC3)n(CC3CC3)c2n1. The van der Waals surface area contributed by atoms with Gasteiger partial charge < -0.3 is 25.4 Å². The Morgan fingerprint density at radius 3 is 2.39 bits per heavy atom. The Morgan fingerprint density at radius 1 is 1.06 bits per heavy atom. The molecule has 1 aliphatic carbocycles. The number of nitrogens with two attached hydrogens (primary N) is 1. The zero-order chi connectivity index (χ0) is 25.2. The first-order valence-electron chi connectivity index (χ1n) is 13.1. The molecule has 3 N–H and O–H groups in total. The molecule has 0 bridgehead atoms. The Bertz CT molecular complexity index is 1160. The molecule has 3 aliphatic rings. The van der Waals surface area contributed by atoms with Crippen LogP contribution < -0.4 is 15.5 Å². The maximum absolute atomic E-state index is 9.63. The van der Waals surface area contributed by atoms with Gasteiger partial charge in [0.25, 0.3) is 0 Å². The van der Waals surface area contributed by atoms with Crippen molar-refractivity contribution in [2.24, 2.45) is 22.6 Å². The second kappa shape index (κ2) is 10.6. The van der Waals surface area contributed by atoms with Gasteiger partial charge in [-0.05, 0) is 51.4 Å². The molecule has 5 rings (SSSR count). The van der Waals surface area contributed by atoms with E-state index in [9.17, 15) is 5.11 Å². The molecular formula is C26H38N8O2. The first-order valence-corrected chi connectivity index (χ1v) is 13.1. The minimum atomic E-state index is 0.246. The highest BCUT2D eigenvalue weighted by atomic mass is 16.5. The quantitative estimate of drug-likeness (QED) is 0.538. The van der Waals surface area contributed by atoms with Gasteiger partial charge in [-0.2, -0.15) is 0 Å². The van der Waals surface area contributed by atoms with Gasteiger partial charge in [0.15, 0.2) is 22.8 Å². The van der Waals surface area contributed by atoms with Crippen LogP contribution in [0.3, 0.4) is 0 Å². The Labute approximate surface area is 212 Å². The van der Waals surface area contributed by atoms with E-state index in [2.05, 4.69) is 25.9 Å². The van der Waals surface area contributed by atoms with Gasteiger partial charge in [-0.3, -0.25) is 4.57 Å². The normalized spacial score (nSPS) is 19.4. The smallest absolute Gasteiger partial charge is 0.207 e. The summed E-state index contributed by atoms with van der Waals surface area (Å²) in [5, 5.41) is 9.63. The summed E-state index contributed by atoms with van der Waals surface area (Å²) < 4.78 is 7.93. The van der Waals surface area contributed by atoms with Gasteiger partial charge in [-0.15, -0.1) is 0 Å². The van der Waals surface area contributed by atoms with Gasteiger partial charge in [-0.1, -0.05) is 12.2 Å². The van der Waals surface area contributed by atoms with Gasteiger partial charge in [0.05, 0.1) is 13.2 Å². The van der Waals surface area contributed by atoms with Crippen molar-refractivity contribution >= 4 is 34.7 Å². The van der Waals surface area contributed by atoms with Crippen LogP contribution in [0.2, 0.25) is 0 Å². The Kier molecular flexibility index (Phi) is 7.25. The number of hydrogen-bond donors (Lipinski definition) is 2. The van der Waals surface area contributed by atoms with E-state index < -0.39 is 0 Å². The molecule has 36 heavy (non-hydrogen) atoms. The molecule has 0 aromatic carbocycles. The molecule has 0 radical (unpaired) electrons. The van der Waals surface area contributed by atoms with E-state index in [0.717, 1.165) is 79.6 Å². The van der Waals surface area contributed by atoms with Crippen molar-refractivity contribution in [3.05, 3.63) is 23.8 Å². The van der Waals surface area contributed by atoms with Crippen molar-refractivity contribution in [2.45, 2.75) is 46.1 Å². The fourth-order valence-corrected chi connectivity index (χ4v) is 4.93. The maximum Gasteiger partial charge on any atom is 0.207 e. The van der Waals surface area contributed by atoms with Crippen LogP contribution in [0.1, 0.15) is 45.4 Å². The van der Waals surface area contributed by atoms with E-state index in [1.54, 1.807) is 6.21 Å². The second-order valence-corrected chi connectivity index (χ2v) is 10.4. The predicted octanol–water partition coefficient (Wildman–Crippen LogP) is 2.58. The van der Waals surface area contributed by atoms with Crippen LogP contribution in [-0.4, -0.2) is 76.8 Å². The Balaban J connectivity index is 1.66. The molecule has 194 valence electrons. The van der Waals surface area contributed by atoms with Gasteiger partial charge in [0.2, 0.25) is 5.95 Å². The van der Waals surface area contributed by atoms with Crippen molar-refractivity contribution in [1.29, 1.82) is 0 Å². The molecule has 1 saturated carbocycles. The summed E-state index contributed by atoms with van der Waals surface area (Å²) in [7, 11) is 0. The van der Waals surface area contributed by atoms with Gasteiger partial charge in [0.1, 0.15) is 5.82 Å². The number of rotatable bonds is 8. The van der Waals surface area contributed by atoms with E-state index in [-0.39, 0.29) is 12.4 Å². The average molecular weight is 495 g/mol. The number of hydrogen-bond acceptors (Lipinski definition) is 9. The van der Waals surface area contributed by atoms with E-state index in [4.69, 9.17) is 25.4 Å². The molecule has 3 fully saturated rings. The van der Waals surface area contributed by atoms with Crippen molar-refractivity contribution in [3.8, 4) is 0 Å². The number of aromatic nitrogens is 4. The molecule has 10 nitrogen and oxygen atoms in total. The lowest BCUT2D eigenvalue weighted by Crippen LogP contribution is -2.37. The van der Waals surface area contributed by atoms with Gasteiger partial charge in [-0.25, -0.2) is 19.9 Å². The summed E-state index contributed by atoms with van der Waals surface area (Å²) in [6, 6.07) is 0. The lowest BCUT2D eigenvalue weighted by atomic mass is 9.98. The minimum Gasteiger partial charge on any atom is -0.396 e. The molecule has 10 heteroatoms. The van der Waals surface area contributed by atoms with Crippen LogP contribution in [0.5, 0.6) is 0 Å². The van der Waals surface area contributed by atoms with Crippen LogP contribution in [0.15, 0.2) is 23.0 Å². The van der Waals surface area contributed by atoms with E-state index in [1.807, 2.05) is 13.8 Å². The van der Waals surface area contributed by atoms with Crippen molar-refractivity contribution < 1.29 is 9.84 Å². The molecule has 0 atom stereocenters. The molecule has 0 unspecified atom stereocenters. The van der Waals surface area contributed by atoms with Crippen molar-refractivity contribution in [3.63, 3.8) is 0 Å². The lowest BCUT2D eigenvalue weighted by Gasteiger charge is -2.32. The standard InChI is InChI=1S/C26H38N8O2/c1-17(2)21(14-28-18(3)27)23-30-24(32-10-12-36-13-11-32)22-25(31-23)34(15-19-4-5-19)26(29-22)33-8-6-20(16-35)7-9-33/h14,19-20,35H,3-13,15-16,27H2,1-2H3/b28-14-. The number of aliphatic hydroxyl groups excluding tert-OH is 1. The predicted molar refractivity (Wildman–Crippen MR) is 143 cm³/mol. The second-order valence-electron chi connectivity index (χ2n) is 10.4. The number of aliphatic hydroxyl groups is 1. The number of nitrogens with zero attached hydrogens (tertiary/aromatic N) is 7. The summed E-state index contributed by atoms with van der Waals surface area (Å²) in [6.07, 6.45) is 6.13. The number of imidazole rings is 1. The molecule has 2 aromatic heterocycles. The van der Waals surface area contributed by atoms with E-state index in [1.165, 1.54) is 12.8 Å². The van der Waals surface area contributed by atoms with E-state index >= 15 is 0 Å². The number of fused-ring (bicyclic) bond motifs is 1. The molecule has 2 aliphatic heterocycles. The summed E-state index contributed by atoms with van der Waals surface area (Å²) >= 11 is 0. The minimum absolute atomic E-state index is 0.246. The highest BCUT2D eigenvalue weighted by Gasteiger charge is 2.31. The number of anilines is 2. The Morgan fingerprint density at radius 2 is 1.78 bits per heavy atom. The van der Waals surface area contributed by atoms with Crippen molar-refractivity contribution in [2.75, 3.05) is 55.8 Å². The third-order valence-electron chi connectivity index (χ3n) is 7.30. The van der Waals surface area contributed by atoms with Gasteiger partial charge >= 0.3 is 0 Å². The first-order chi connectivity index (χ1) is 17.4. The summed E-state index contributed by atoms with van der Waals surface area (Å²) in [5.41, 5.74) is 9.33. The number of aliphatic imine (C=N–C) groups is 1. The number of allylic oxidation sites excluding steroid dienone is 2. The Hall–Kier alpha value is -2.98. The average Bonchev–Trinajstić information content (AvgIpc) is 3.64. The van der Waals surface area contributed by atoms with Crippen LogP contribution in [0, 0.1) is 11.8 Å². The first kappa shape index (κ1) is 24.7. The maximum atomic E-state index is 9.63. The largest absolute Gasteiger partial charge is 0.396 e.